The summed E-state index contributed by atoms with van der Waals surface area (Å²) < 4.78 is 28.4. The lowest BCUT2D eigenvalue weighted by Crippen LogP contribution is -2.65. The number of esters is 4. The van der Waals surface area contributed by atoms with Gasteiger partial charge >= 0.3 is 23.9 Å². The molecule has 10 atom stereocenters. The predicted octanol–water partition coefficient (Wildman–Crippen LogP) is 0.889. The summed E-state index contributed by atoms with van der Waals surface area (Å²) in [5.74, 6) is -3.67. The largest absolute Gasteiger partial charge is 0.461 e. The Labute approximate surface area is 214 Å². The molecule has 37 heavy (non-hydrogen) atoms. The Bertz CT molecular complexity index is 1090. The molecule has 11 nitrogen and oxygen atoms in total. The predicted molar refractivity (Wildman–Crippen MR) is 125 cm³/mol. The molecule has 1 spiro atoms. The molecule has 2 fully saturated rings. The summed E-state index contributed by atoms with van der Waals surface area (Å²) in [5, 5.41) is 23.7. The van der Waals surface area contributed by atoms with Crippen molar-refractivity contribution in [3.05, 3.63) is 23.3 Å². The van der Waals surface area contributed by atoms with E-state index in [9.17, 15) is 29.4 Å². The first-order chi connectivity index (χ1) is 17.1. The number of epoxide rings is 1. The molecule has 2 N–H and O–H groups in total. The first-order valence-corrected chi connectivity index (χ1v) is 12.2. The van der Waals surface area contributed by atoms with Crippen molar-refractivity contribution < 1.29 is 53.1 Å². The minimum absolute atomic E-state index is 0.201. The van der Waals surface area contributed by atoms with Crippen molar-refractivity contribution >= 4 is 23.9 Å². The minimum atomic E-state index is -1.63. The van der Waals surface area contributed by atoms with E-state index >= 15 is 0 Å². The molecule has 2 saturated heterocycles. The van der Waals surface area contributed by atoms with Crippen LogP contribution in [0.1, 0.15) is 54.9 Å². The van der Waals surface area contributed by atoms with E-state index < -0.39 is 83.0 Å². The number of fused-ring (bicyclic) bond motifs is 1. The van der Waals surface area contributed by atoms with Crippen LogP contribution in [0.5, 0.6) is 0 Å². The molecule has 0 amide bonds. The zero-order valence-electron chi connectivity index (χ0n) is 22.0. The molecule has 0 saturated carbocycles. The fourth-order valence-electron chi connectivity index (χ4n) is 6.61. The number of rotatable bonds is 3. The quantitative estimate of drug-likeness (QED) is 0.235. The van der Waals surface area contributed by atoms with Gasteiger partial charge in [0.15, 0.2) is 23.4 Å². The summed E-state index contributed by atoms with van der Waals surface area (Å²) in [6.45, 7) is 10.0. The minimum Gasteiger partial charge on any atom is -0.461 e. The molecule has 0 radical (unpaired) electrons. The Hall–Kier alpha value is -2.76. The second-order valence-corrected chi connectivity index (χ2v) is 10.8. The van der Waals surface area contributed by atoms with Gasteiger partial charge in [0.2, 0.25) is 0 Å². The topological polar surface area (TPSA) is 158 Å². The van der Waals surface area contributed by atoms with Crippen LogP contribution in [0.3, 0.4) is 0 Å². The molecule has 2 aliphatic carbocycles. The summed E-state index contributed by atoms with van der Waals surface area (Å²) >= 11 is 0. The first kappa shape index (κ1) is 27.3. The zero-order valence-corrected chi connectivity index (χ0v) is 22.0. The lowest BCUT2D eigenvalue weighted by atomic mass is 9.56. The standard InChI is InChI=1S/C26H34O11/c1-11-8-9-16(33-13(3)27)24(6)18(11)21(31)26-17(36-23(32)25(26,7)37-26)10-12(2)20(34-14(4)28)19(30)22(24)35-15(5)29/h8,10,16-22,30-31H,9H2,1-7H3/b12-10-/t16-,17-,18+,19+,20-,21-,22-,24-,25-,26-/m0/s1. The van der Waals surface area contributed by atoms with Gasteiger partial charge in [-0.15, -0.1) is 0 Å². The van der Waals surface area contributed by atoms with Crippen LogP contribution < -0.4 is 0 Å². The van der Waals surface area contributed by atoms with Crippen LogP contribution in [-0.2, 0) is 42.9 Å². The fraction of sp³-hybridized carbons (Fsp3) is 0.692. The zero-order chi connectivity index (χ0) is 27.7. The normalized spacial score (nSPS) is 46.0. The lowest BCUT2D eigenvalue weighted by molar-refractivity contribution is -0.213. The monoisotopic (exact) mass is 522 g/mol. The number of carbonyl (C=O) groups excluding carboxylic acids is 4. The molecule has 0 bridgehead atoms. The Kier molecular flexibility index (Phi) is 6.58. The number of hydrogen-bond acceptors (Lipinski definition) is 11. The van der Waals surface area contributed by atoms with Crippen LogP contribution >= 0.6 is 0 Å². The highest BCUT2D eigenvalue weighted by atomic mass is 16.7. The van der Waals surface area contributed by atoms with Gasteiger partial charge in [-0.1, -0.05) is 18.6 Å². The van der Waals surface area contributed by atoms with E-state index in [-0.39, 0.29) is 12.0 Å². The maximum atomic E-state index is 12.8. The maximum Gasteiger partial charge on any atom is 0.342 e. The molecule has 0 aromatic rings. The molecule has 204 valence electrons. The van der Waals surface area contributed by atoms with Crippen LogP contribution in [0.2, 0.25) is 0 Å². The second-order valence-electron chi connectivity index (χ2n) is 10.8. The van der Waals surface area contributed by atoms with Gasteiger partial charge in [0.25, 0.3) is 0 Å². The number of aliphatic hydroxyl groups is 2. The van der Waals surface area contributed by atoms with Gasteiger partial charge in [-0.05, 0) is 32.4 Å². The van der Waals surface area contributed by atoms with Gasteiger partial charge in [-0.2, -0.15) is 0 Å². The first-order valence-electron chi connectivity index (χ1n) is 12.2. The Morgan fingerprint density at radius 1 is 0.973 bits per heavy atom. The van der Waals surface area contributed by atoms with Crippen molar-refractivity contribution in [1.82, 2.24) is 0 Å². The van der Waals surface area contributed by atoms with Crippen molar-refractivity contribution in [1.29, 1.82) is 0 Å². The van der Waals surface area contributed by atoms with Gasteiger partial charge in [0.05, 0.1) is 11.5 Å². The number of hydrogen-bond donors (Lipinski definition) is 2. The van der Waals surface area contributed by atoms with E-state index in [0.717, 1.165) is 6.92 Å². The smallest absolute Gasteiger partial charge is 0.342 e. The molecular formula is C26H34O11. The van der Waals surface area contributed by atoms with Gasteiger partial charge in [0, 0.05) is 33.1 Å². The van der Waals surface area contributed by atoms with E-state index in [4.69, 9.17) is 23.7 Å². The van der Waals surface area contributed by atoms with Gasteiger partial charge in [0.1, 0.15) is 18.3 Å². The van der Waals surface area contributed by atoms with E-state index in [1.54, 1.807) is 26.8 Å². The third-order valence-electron chi connectivity index (χ3n) is 8.38. The summed E-state index contributed by atoms with van der Waals surface area (Å²) in [4.78, 5) is 49.4. The van der Waals surface area contributed by atoms with Crippen LogP contribution in [0, 0.1) is 11.3 Å². The van der Waals surface area contributed by atoms with E-state index in [2.05, 4.69) is 0 Å². The summed E-state index contributed by atoms with van der Waals surface area (Å²) in [5.41, 5.74) is -3.50. The van der Waals surface area contributed by atoms with Crippen LogP contribution in [0.15, 0.2) is 23.3 Å². The van der Waals surface area contributed by atoms with E-state index in [1.807, 2.05) is 0 Å². The molecule has 11 heteroatoms. The Balaban J connectivity index is 2.01. The highest BCUT2D eigenvalue weighted by Gasteiger charge is 2.86. The van der Waals surface area contributed by atoms with Crippen LogP contribution in [-0.4, -0.2) is 81.9 Å². The van der Waals surface area contributed by atoms with E-state index in [0.29, 0.717) is 5.57 Å². The van der Waals surface area contributed by atoms with Crippen LogP contribution in [0.25, 0.3) is 0 Å². The molecule has 0 aromatic carbocycles. The SMILES string of the molecule is CC(=O)O[C@H]1CC=C(C)[C@@H]2[C@H](O)[C@]34O[C@@]3(C)C(=O)O[C@H]4/C=C(/C)[C@H](OC(C)=O)[C@@H](O)[C@H](OC(C)=O)[C@@]12C. The van der Waals surface area contributed by atoms with Crippen molar-refractivity contribution in [2.24, 2.45) is 11.3 Å². The molecule has 2 aliphatic heterocycles. The third kappa shape index (κ3) is 3.90. The average molecular weight is 523 g/mol. The van der Waals surface area contributed by atoms with Crippen LogP contribution in [0.4, 0.5) is 0 Å². The highest BCUT2D eigenvalue weighted by molar-refractivity contribution is 5.89. The molecule has 0 unspecified atom stereocenters. The molecular weight excluding hydrogens is 488 g/mol. The van der Waals surface area contributed by atoms with Gasteiger partial charge in [-0.3, -0.25) is 14.4 Å². The Morgan fingerprint density at radius 3 is 2.11 bits per heavy atom. The highest BCUT2D eigenvalue weighted by Crippen LogP contribution is 2.64. The summed E-state index contributed by atoms with van der Waals surface area (Å²) in [6.07, 6.45) is -4.34. The molecule has 4 aliphatic rings. The maximum absolute atomic E-state index is 12.8. The summed E-state index contributed by atoms with van der Waals surface area (Å²) in [7, 11) is 0. The fourth-order valence-corrected chi connectivity index (χ4v) is 6.61. The van der Waals surface area contributed by atoms with Crippen molar-refractivity contribution in [2.75, 3.05) is 0 Å². The van der Waals surface area contributed by atoms with Crippen molar-refractivity contribution in [3.8, 4) is 0 Å². The Morgan fingerprint density at radius 2 is 1.57 bits per heavy atom. The van der Waals surface area contributed by atoms with Crippen molar-refractivity contribution in [2.45, 2.75) is 103 Å². The average Bonchev–Trinajstić information content (AvgIpc) is 3.38. The third-order valence-corrected chi connectivity index (χ3v) is 8.38. The lowest BCUT2D eigenvalue weighted by Gasteiger charge is -2.53. The molecule has 0 aromatic heterocycles. The van der Waals surface area contributed by atoms with Gasteiger partial charge in [-0.25, -0.2) is 4.79 Å². The number of aliphatic hydroxyl groups excluding tert-OH is 2. The summed E-state index contributed by atoms with van der Waals surface area (Å²) in [6, 6.07) is 0. The van der Waals surface area contributed by atoms with Crippen molar-refractivity contribution in [3.63, 3.8) is 0 Å². The van der Waals surface area contributed by atoms with Gasteiger partial charge < -0.3 is 33.9 Å². The number of ether oxygens (including phenoxy) is 5. The number of carbonyl (C=O) groups is 4. The molecule has 4 rings (SSSR count). The van der Waals surface area contributed by atoms with E-state index in [1.165, 1.54) is 26.8 Å². The second kappa shape index (κ2) is 8.92. The molecule has 2 heterocycles.